The van der Waals surface area contributed by atoms with Crippen molar-refractivity contribution in [2.24, 2.45) is 5.92 Å². The molecule has 2 aliphatic rings. The lowest BCUT2D eigenvalue weighted by atomic mass is 9.86. The fraction of sp³-hybridized carbons (Fsp3) is 0.875. The van der Waals surface area contributed by atoms with Crippen LogP contribution in [0.25, 0.3) is 0 Å². The first-order valence-corrected chi connectivity index (χ1v) is 8.26. The highest BCUT2D eigenvalue weighted by Crippen LogP contribution is 2.27. The SMILES string of the molecule is CCC(=O)N1CCN(C(=O)CCC2CCCCC2)CC1. The van der Waals surface area contributed by atoms with Gasteiger partial charge < -0.3 is 9.80 Å². The molecule has 0 bridgehead atoms. The first kappa shape index (κ1) is 15.3. The number of carbonyl (C=O) groups excluding carboxylic acids is 2. The minimum Gasteiger partial charge on any atom is -0.339 e. The molecule has 0 spiro atoms. The van der Waals surface area contributed by atoms with E-state index < -0.39 is 0 Å². The van der Waals surface area contributed by atoms with Crippen molar-refractivity contribution in [3.63, 3.8) is 0 Å². The van der Waals surface area contributed by atoms with Gasteiger partial charge in [-0.2, -0.15) is 0 Å². The molecule has 0 aromatic heterocycles. The lowest BCUT2D eigenvalue weighted by Crippen LogP contribution is -2.50. The van der Waals surface area contributed by atoms with Crippen LogP contribution >= 0.6 is 0 Å². The summed E-state index contributed by atoms with van der Waals surface area (Å²) in [5.41, 5.74) is 0. The standard InChI is InChI=1S/C16H28N2O2/c1-2-15(19)17-10-12-18(13-11-17)16(20)9-8-14-6-4-3-5-7-14/h14H,2-13H2,1H3. The molecule has 0 radical (unpaired) electrons. The van der Waals surface area contributed by atoms with E-state index >= 15 is 0 Å². The van der Waals surface area contributed by atoms with Gasteiger partial charge in [-0.1, -0.05) is 39.0 Å². The highest BCUT2D eigenvalue weighted by Gasteiger charge is 2.24. The molecule has 2 rings (SSSR count). The molecular formula is C16H28N2O2. The second-order valence-electron chi connectivity index (χ2n) is 6.16. The summed E-state index contributed by atoms with van der Waals surface area (Å²) in [7, 11) is 0. The van der Waals surface area contributed by atoms with Gasteiger partial charge in [-0.15, -0.1) is 0 Å². The molecule has 2 amide bonds. The van der Waals surface area contributed by atoms with Gasteiger partial charge in [-0.05, 0) is 12.3 Å². The lowest BCUT2D eigenvalue weighted by molar-refractivity contribution is -0.139. The van der Waals surface area contributed by atoms with E-state index in [1.807, 2.05) is 16.7 Å². The molecule has 1 heterocycles. The van der Waals surface area contributed by atoms with E-state index in [9.17, 15) is 9.59 Å². The Morgan fingerprint density at radius 1 is 0.900 bits per heavy atom. The van der Waals surface area contributed by atoms with E-state index in [0.717, 1.165) is 25.4 Å². The highest BCUT2D eigenvalue weighted by molar-refractivity contribution is 5.78. The van der Waals surface area contributed by atoms with Gasteiger partial charge in [0.1, 0.15) is 0 Å². The fourth-order valence-corrected chi connectivity index (χ4v) is 3.39. The Morgan fingerprint density at radius 2 is 1.45 bits per heavy atom. The van der Waals surface area contributed by atoms with Crippen LogP contribution in [0.5, 0.6) is 0 Å². The topological polar surface area (TPSA) is 40.6 Å². The van der Waals surface area contributed by atoms with Gasteiger partial charge in [0.25, 0.3) is 0 Å². The van der Waals surface area contributed by atoms with E-state index in [-0.39, 0.29) is 5.91 Å². The molecule has 1 saturated carbocycles. The van der Waals surface area contributed by atoms with Gasteiger partial charge in [0.05, 0.1) is 0 Å². The molecule has 1 aliphatic carbocycles. The zero-order chi connectivity index (χ0) is 14.4. The maximum absolute atomic E-state index is 12.2. The number of carbonyl (C=O) groups is 2. The van der Waals surface area contributed by atoms with Crippen molar-refractivity contribution < 1.29 is 9.59 Å². The third kappa shape index (κ3) is 4.22. The van der Waals surface area contributed by atoms with Crippen LogP contribution in [0, 0.1) is 5.92 Å². The lowest BCUT2D eigenvalue weighted by Gasteiger charge is -2.35. The molecule has 4 heteroatoms. The Hall–Kier alpha value is -1.06. The number of hydrogen-bond acceptors (Lipinski definition) is 2. The summed E-state index contributed by atoms with van der Waals surface area (Å²) in [6.07, 6.45) is 9.01. The van der Waals surface area contributed by atoms with Crippen molar-refractivity contribution in [1.82, 2.24) is 9.80 Å². The maximum Gasteiger partial charge on any atom is 0.222 e. The maximum atomic E-state index is 12.2. The molecule has 0 atom stereocenters. The van der Waals surface area contributed by atoms with Crippen LogP contribution in [0.2, 0.25) is 0 Å². The van der Waals surface area contributed by atoms with Crippen molar-refractivity contribution in [1.29, 1.82) is 0 Å². The number of piperazine rings is 1. The monoisotopic (exact) mass is 280 g/mol. The van der Waals surface area contributed by atoms with Gasteiger partial charge in [0.15, 0.2) is 0 Å². The van der Waals surface area contributed by atoms with Crippen LogP contribution in [0.1, 0.15) is 58.3 Å². The van der Waals surface area contributed by atoms with Crippen molar-refractivity contribution >= 4 is 11.8 Å². The molecular weight excluding hydrogens is 252 g/mol. The Morgan fingerprint density at radius 3 is 2.00 bits per heavy atom. The average Bonchev–Trinajstić information content (AvgIpc) is 2.53. The summed E-state index contributed by atoms with van der Waals surface area (Å²) in [6, 6.07) is 0. The molecule has 2 fully saturated rings. The third-order valence-electron chi connectivity index (χ3n) is 4.78. The highest BCUT2D eigenvalue weighted by atomic mass is 16.2. The van der Waals surface area contributed by atoms with Crippen molar-refractivity contribution in [2.45, 2.75) is 58.3 Å². The first-order chi connectivity index (χ1) is 9.70. The predicted molar refractivity (Wildman–Crippen MR) is 79.3 cm³/mol. The molecule has 4 nitrogen and oxygen atoms in total. The van der Waals surface area contributed by atoms with Crippen molar-refractivity contribution in [2.75, 3.05) is 26.2 Å². The van der Waals surface area contributed by atoms with Gasteiger partial charge in [0, 0.05) is 39.0 Å². The summed E-state index contributed by atoms with van der Waals surface area (Å²) in [4.78, 5) is 27.6. The minimum absolute atomic E-state index is 0.208. The normalized spacial score (nSPS) is 21.1. The third-order valence-corrected chi connectivity index (χ3v) is 4.78. The quantitative estimate of drug-likeness (QED) is 0.793. The zero-order valence-corrected chi connectivity index (χ0v) is 12.8. The predicted octanol–water partition coefficient (Wildman–Crippen LogP) is 2.43. The average molecular weight is 280 g/mol. The fourth-order valence-electron chi connectivity index (χ4n) is 3.39. The van der Waals surface area contributed by atoms with Crippen LogP contribution < -0.4 is 0 Å². The largest absolute Gasteiger partial charge is 0.339 e. The second kappa shape index (κ2) is 7.65. The Bertz CT molecular complexity index is 329. The van der Waals surface area contributed by atoms with Crippen LogP contribution in [-0.2, 0) is 9.59 Å². The summed E-state index contributed by atoms with van der Waals surface area (Å²) < 4.78 is 0. The Balaban J connectivity index is 1.67. The molecule has 0 aromatic rings. The Kier molecular flexibility index (Phi) is 5.86. The van der Waals surface area contributed by atoms with Crippen LogP contribution in [0.4, 0.5) is 0 Å². The molecule has 0 unspecified atom stereocenters. The van der Waals surface area contributed by atoms with Gasteiger partial charge in [0.2, 0.25) is 11.8 Å². The van der Waals surface area contributed by atoms with E-state index in [1.54, 1.807) is 0 Å². The van der Waals surface area contributed by atoms with E-state index in [1.165, 1.54) is 32.1 Å². The molecule has 20 heavy (non-hydrogen) atoms. The Labute approximate surface area is 122 Å². The van der Waals surface area contributed by atoms with Crippen LogP contribution in [-0.4, -0.2) is 47.8 Å². The smallest absolute Gasteiger partial charge is 0.222 e. The molecule has 0 N–H and O–H groups in total. The minimum atomic E-state index is 0.208. The van der Waals surface area contributed by atoms with E-state index in [4.69, 9.17) is 0 Å². The number of hydrogen-bond donors (Lipinski definition) is 0. The van der Waals surface area contributed by atoms with E-state index in [2.05, 4.69) is 0 Å². The van der Waals surface area contributed by atoms with Gasteiger partial charge in [-0.25, -0.2) is 0 Å². The van der Waals surface area contributed by atoms with Gasteiger partial charge in [-0.3, -0.25) is 9.59 Å². The molecule has 1 saturated heterocycles. The summed E-state index contributed by atoms with van der Waals surface area (Å²) in [5.74, 6) is 1.27. The zero-order valence-electron chi connectivity index (χ0n) is 12.8. The van der Waals surface area contributed by atoms with Gasteiger partial charge >= 0.3 is 0 Å². The summed E-state index contributed by atoms with van der Waals surface area (Å²) in [5, 5.41) is 0. The first-order valence-electron chi connectivity index (χ1n) is 8.26. The van der Waals surface area contributed by atoms with Crippen molar-refractivity contribution in [3.8, 4) is 0 Å². The summed E-state index contributed by atoms with van der Waals surface area (Å²) in [6.45, 7) is 4.75. The van der Waals surface area contributed by atoms with Crippen LogP contribution in [0.15, 0.2) is 0 Å². The van der Waals surface area contributed by atoms with Crippen LogP contribution in [0.3, 0.4) is 0 Å². The summed E-state index contributed by atoms with van der Waals surface area (Å²) >= 11 is 0. The van der Waals surface area contributed by atoms with Crippen molar-refractivity contribution in [3.05, 3.63) is 0 Å². The molecule has 1 aliphatic heterocycles. The van der Waals surface area contributed by atoms with E-state index in [0.29, 0.717) is 31.8 Å². The molecule has 114 valence electrons. The number of amides is 2. The number of rotatable bonds is 4. The molecule has 0 aromatic carbocycles. The number of nitrogens with zero attached hydrogens (tertiary/aromatic N) is 2. The second-order valence-corrected chi connectivity index (χ2v) is 6.16.